The predicted octanol–water partition coefficient (Wildman–Crippen LogP) is 7.88. The van der Waals surface area contributed by atoms with E-state index in [0.717, 1.165) is 0 Å². The molecule has 0 atom stereocenters. The lowest BCUT2D eigenvalue weighted by molar-refractivity contribution is -0.659. The highest BCUT2D eigenvalue weighted by atomic mass is 19.3. The molecule has 1 heterocycles. The average molecular weight is 445 g/mol. The Morgan fingerprint density at radius 1 is 0.788 bits per heavy atom. The molecule has 1 aliphatic rings. The maximum absolute atomic E-state index is 13.9. The number of aryl methyl sites for hydroxylation is 3. The molecule has 1 nitrogen and oxygen atoms in total. The third-order valence-electron chi connectivity index (χ3n) is 7.98. The van der Waals surface area contributed by atoms with Crippen LogP contribution in [0.15, 0.2) is 54.7 Å². The first-order valence-corrected chi connectivity index (χ1v) is 11.9. The van der Waals surface area contributed by atoms with Crippen LogP contribution in [0.3, 0.4) is 0 Å². The van der Waals surface area contributed by atoms with E-state index in [-0.39, 0.29) is 18.3 Å². The topological polar surface area (TPSA) is 3.88 Å². The highest BCUT2D eigenvalue weighted by Gasteiger charge is 2.42. The normalized spacial score (nSPS) is 17.5. The molecule has 4 aromatic rings. The van der Waals surface area contributed by atoms with Crippen molar-refractivity contribution in [3.8, 4) is 11.3 Å². The molecule has 3 aromatic carbocycles. The van der Waals surface area contributed by atoms with Gasteiger partial charge in [0.25, 0.3) is 0 Å². The van der Waals surface area contributed by atoms with Crippen molar-refractivity contribution >= 4 is 21.5 Å². The zero-order valence-electron chi connectivity index (χ0n) is 20.2. The molecule has 0 amide bonds. The van der Waals surface area contributed by atoms with E-state index in [1.807, 2.05) is 0 Å². The first-order chi connectivity index (χ1) is 15.6. The summed E-state index contributed by atoms with van der Waals surface area (Å²) in [5.41, 5.74) is 7.32. The second-order valence-electron chi connectivity index (χ2n) is 10.4. The van der Waals surface area contributed by atoms with Crippen LogP contribution in [0.1, 0.15) is 54.9 Å². The van der Waals surface area contributed by atoms with E-state index in [1.165, 1.54) is 55.1 Å². The summed E-state index contributed by atoms with van der Waals surface area (Å²) in [5, 5.41) is 4.82. The number of aromatic nitrogens is 1. The van der Waals surface area contributed by atoms with Gasteiger partial charge in [-0.05, 0) is 78.6 Å². The molecule has 0 spiro atoms. The molecule has 1 aromatic heterocycles. The summed E-state index contributed by atoms with van der Waals surface area (Å²) in [6.45, 7) is 8.68. The Morgan fingerprint density at radius 3 is 2.18 bits per heavy atom. The Bertz CT molecular complexity index is 1390. The molecule has 0 radical (unpaired) electrons. The average Bonchev–Trinajstić information content (AvgIpc) is 2.78. The molecule has 0 bridgehead atoms. The van der Waals surface area contributed by atoms with Crippen LogP contribution in [-0.2, 0) is 12.5 Å². The van der Waals surface area contributed by atoms with Crippen molar-refractivity contribution in [2.24, 2.45) is 7.05 Å². The third kappa shape index (κ3) is 3.62. The molecule has 0 unspecified atom stereocenters. The second kappa shape index (κ2) is 7.62. The summed E-state index contributed by atoms with van der Waals surface area (Å²) < 4.78 is 30.0. The van der Waals surface area contributed by atoms with Crippen molar-refractivity contribution in [1.82, 2.24) is 0 Å². The van der Waals surface area contributed by atoms with Crippen LogP contribution in [0.4, 0.5) is 8.78 Å². The van der Waals surface area contributed by atoms with Crippen LogP contribution in [0.2, 0.25) is 0 Å². The fourth-order valence-electron chi connectivity index (χ4n) is 5.80. The van der Waals surface area contributed by atoms with E-state index in [2.05, 4.69) is 94.0 Å². The van der Waals surface area contributed by atoms with Gasteiger partial charge in [-0.3, -0.25) is 0 Å². The van der Waals surface area contributed by atoms with Crippen LogP contribution in [-0.4, -0.2) is 5.92 Å². The van der Waals surface area contributed by atoms with Gasteiger partial charge < -0.3 is 0 Å². The lowest BCUT2D eigenvalue weighted by Gasteiger charge is -2.38. The van der Waals surface area contributed by atoms with Crippen molar-refractivity contribution in [1.29, 1.82) is 0 Å². The fourth-order valence-corrected chi connectivity index (χ4v) is 5.80. The number of benzene rings is 3. The van der Waals surface area contributed by atoms with Crippen LogP contribution >= 0.6 is 0 Å². The van der Waals surface area contributed by atoms with Crippen molar-refractivity contribution in [3.05, 3.63) is 77.0 Å². The minimum atomic E-state index is -2.52. The standard InChI is InChI=1S/C30H32F2N/c1-19-17-20(2)21(3)26(18-19)28-25-10-9-24-22(23(25)11-16-33(28)5)7-6-8-27(24)29(4)12-14-30(31,32)15-13-29/h6-11,16-18H,12-15H2,1-5H3/q+1. The molecule has 0 saturated heterocycles. The maximum atomic E-state index is 13.9. The number of alkyl halides is 2. The molecule has 170 valence electrons. The second-order valence-corrected chi connectivity index (χ2v) is 10.4. The Hall–Kier alpha value is -2.81. The lowest BCUT2D eigenvalue weighted by atomic mass is 9.68. The number of pyridine rings is 1. The van der Waals surface area contributed by atoms with Gasteiger partial charge in [0.1, 0.15) is 7.05 Å². The number of rotatable bonds is 2. The quantitative estimate of drug-likeness (QED) is 0.219. The monoisotopic (exact) mass is 444 g/mol. The zero-order chi connectivity index (χ0) is 23.5. The number of halogens is 2. The van der Waals surface area contributed by atoms with Gasteiger partial charge in [0, 0.05) is 24.3 Å². The van der Waals surface area contributed by atoms with Gasteiger partial charge in [-0.1, -0.05) is 42.8 Å². The predicted molar refractivity (Wildman–Crippen MR) is 133 cm³/mol. The molecule has 1 fully saturated rings. The molecule has 1 aliphatic carbocycles. The molecule has 0 N–H and O–H groups in total. The largest absolute Gasteiger partial charge is 0.248 e. The van der Waals surface area contributed by atoms with Gasteiger partial charge in [-0.25, -0.2) is 13.3 Å². The number of hydrogen-bond acceptors (Lipinski definition) is 0. The number of hydrogen-bond donors (Lipinski definition) is 0. The Balaban J connectivity index is 1.75. The van der Waals surface area contributed by atoms with E-state index in [0.29, 0.717) is 12.8 Å². The van der Waals surface area contributed by atoms with Gasteiger partial charge in [-0.2, -0.15) is 0 Å². The number of fused-ring (bicyclic) bond motifs is 3. The SMILES string of the molecule is Cc1cc(C)c(C)c(-c2c3ccc4c(C5(C)CCC(F)(F)CC5)cccc4c3cc[n+]2C)c1. The maximum Gasteiger partial charge on any atom is 0.248 e. The molecule has 33 heavy (non-hydrogen) atoms. The van der Waals surface area contributed by atoms with Crippen LogP contribution < -0.4 is 4.57 Å². The highest BCUT2D eigenvalue weighted by Crippen LogP contribution is 2.47. The van der Waals surface area contributed by atoms with Crippen molar-refractivity contribution in [2.45, 2.75) is 64.7 Å². The lowest BCUT2D eigenvalue weighted by Crippen LogP contribution is -2.34. The van der Waals surface area contributed by atoms with Gasteiger partial charge >= 0.3 is 0 Å². The van der Waals surface area contributed by atoms with Gasteiger partial charge in [0.15, 0.2) is 6.20 Å². The summed E-state index contributed by atoms with van der Waals surface area (Å²) in [6.07, 6.45) is 3.13. The smallest absolute Gasteiger partial charge is 0.207 e. The van der Waals surface area contributed by atoms with E-state index in [9.17, 15) is 8.78 Å². The molecule has 5 rings (SSSR count). The minimum Gasteiger partial charge on any atom is -0.207 e. The molecule has 1 saturated carbocycles. The van der Waals surface area contributed by atoms with E-state index >= 15 is 0 Å². The highest BCUT2D eigenvalue weighted by molar-refractivity contribution is 6.11. The summed E-state index contributed by atoms with van der Waals surface area (Å²) in [6, 6.07) is 17.6. The van der Waals surface area contributed by atoms with Gasteiger partial charge in [0.05, 0.1) is 10.9 Å². The molecular formula is C30H32F2N+. The van der Waals surface area contributed by atoms with E-state index in [1.54, 1.807) is 0 Å². The van der Waals surface area contributed by atoms with Crippen LogP contribution in [0.5, 0.6) is 0 Å². The summed E-state index contributed by atoms with van der Waals surface area (Å²) in [5.74, 6) is -2.52. The number of nitrogens with zero attached hydrogens (tertiary/aromatic N) is 1. The minimum absolute atomic E-state index is 0.0283. The van der Waals surface area contributed by atoms with Crippen LogP contribution in [0, 0.1) is 20.8 Å². The van der Waals surface area contributed by atoms with Crippen molar-refractivity contribution in [3.63, 3.8) is 0 Å². The zero-order valence-corrected chi connectivity index (χ0v) is 20.2. The summed E-state index contributed by atoms with van der Waals surface area (Å²) >= 11 is 0. The van der Waals surface area contributed by atoms with E-state index < -0.39 is 5.92 Å². The fraction of sp³-hybridized carbons (Fsp3) is 0.367. The first kappa shape index (κ1) is 22.0. The molecule has 3 heteroatoms. The van der Waals surface area contributed by atoms with E-state index in [4.69, 9.17) is 0 Å². The van der Waals surface area contributed by atoms with Crippen molar-refractivity contribution < 1.29 is 13.3 Å². The van der Waals surface area contributed by atoms with Crippen molar-refractivity contribution in [2.75, 3.05) is 0 Å². The van der Waals surface area contributed by atoms with Gasteiger partial charge in [0.2, 0.25) is 11.6 Å². The first-order valence-electron chi connectivity index (χ1n) is 11.9. The molecule has 0 aliphatic heterocycles. The Morgan fingerprint density at radius 2 is 1.45 bits per heavy atom. The summed E-state index contributed by atoms with van der Waals surface area (Å²) in [7, 11) is 2.11. The summed E-state index contributed by atoms with van der Waals surface area (Å²) in [4.78, 5) is 0. The molecular weight excluding hydrogens is 412 g/mol. The Labute approximate surface area is 195 Å². The Kier molecular flexibility index (Phi) is 5.08. The third-order valence-corrected chi connectivity index (χ3v) is 7.98. The van der Waals surface area contributed by atoms with Crippen LogP contribution in [0.25, 0.3) is 32.8 Å². The van der Waals surface area contributed by atoms with Gasteiger partial charge in [-0.15, -0.1) is 0 Å².